The number of carbonyl (C=O) groups excluding carboxylic acids is 1. The summed E-state index contributed by atoms with van der Waals surface area (Å²) in [6, 6.07) is 14.4. The van der Waals surface area contributed by atoms with E-state index in [0.29, 0.717) is 13.0 Å². The van der Waals surface area contributed by atoms with Crippen molar-refractivity contribution in [2.24, 2.45) is 0 Å². The molecular formula is C21H24N2O2. The zero-order valence-corrected chi connectivity index (χ0v) is 14.4. The average molecular weight is 336 g/mol. The zero-order chi connectivity index (χ0) is 17.1. The fourth-order valence-corrected chi connectivity index (χ4v) is 4.08. The Hall–Kier alpha value is -2.20. The van der Waals surface area contributed by atoms with Crippen LogP contribution in [0.15, 0.2) is 48.7 Å². The topological polar surface area (TPSA) is 42.4 Å². The first-order valence-corrected chi connectivity index (χ1v) is 9.25. The summed E-state index contributed by atoms with van der Waals surface area (Å²) in [5.41, 5.74) is 2.46. The molecule has 2 aliphatic rings. The molecule has 0 bridgehead atoms. The van der Waals surface area contributed by atoms with Gasteiger partial charge in [-0.15, -0.1) is 0 Å². The number of hydrogen-bond donors (Lipinski definition) is 0. The molecule has 1 aromatic heterocycles. The molecule has 1 atom stereocenters. The van der Waals surface area contributed by atoms with Gasteiger partial charge in [0.2, 0.25) is 5.91 Å². The van der Waals surface area contributed by atoms with Gasteiger partial charge in [0.25, 0.3) is 0 Å². The predicted molar refractivity (Wildman–Crippen MR) is 97.4 cm³/mol. The molecule has 0 radical (unpaired) electrons. The van der Waals surface area contributed by atoms with Crippen LogP contribution in [-0.4, -0.2) is 23.5 Å². The first-order valence-electron chi connectivity index (χ1n) is 9.25. The zero-order valence-electron chi connectivity index (χ0n) is 14.4. The van der Waals surface area contributed by atoms with Gasteiger partial charge in [0, 0.05) is 12.2 Å². The van der Waals surface area contributed by atoms with Gasteiger partial charge in [-0.25, -0.2) is 4.98 Å². The Labute approximate surface area is 148 Å². The van der Waals surface area contributed by atoms with Crippen LogP contribution in [0.25, 0.3) is 0 Å². The largest absolute Gasteiger partial charge is 0.373 e. The summed E-state index contributed by atoms with van der Waals surface area (Å²) in [5.74, 6) is 0.885. The number of rotatable bonds is 4. The standard InChI is InChI=1S/C21H24N2O2/c24-21(15-19-18-10-4-1-7-16(18)12-14-25-19)23(17-8-2-3-9-17)20-11-5-6-13-22-20/h1,4-7,10-11,13,17,19H,2-3,8-9,12,14-15H2/t19-/m1/s1. The van der Waals surface area contributed by atoms with Crippen molar-refractivity contribution in [3.8, 4) is 0 Å². The van der Waals surface area contributed by atoms with E-state index in [1.54, 1.807) is 6.20 Å². The van der Waals surface area contributed by atoms with Crippen LogP contribution < -0.4 is 4.90 Å². The molecule has 1 aromatic carbocycles. The number of amides is 1. The maximum Gasteiger partial charge on any atom is 0.231 e. The number of pyridine rings is 1. The monoisotopic (exact) mass is 336 g/mol. The highest BCUT2D eigenvalue weighted by atomic mass is 16.5. The van der Waals surface area contributed by atoms with Crippen molar-refractivity contribution in [1.29, 1.82) is 0 Å². The minimum Gasteiger partial charge on any atom is -0.373 e. The van der Waals surface area contributed by atoms with Crippen molar-refractivity contribution in [2.45, 2.75) is 50.7 Å². The summed E-state index contributed by atoms with van der Waals surface area (Å²) in [6.45, 7) is 0.683. The van der Waals surface area contributed by atoms with Gasteiger partial charge in [-0.1, -0.05) is 43.2 Å². The molecular weight excluding hydrogens is 312 g/mol. The van der Waals surface area contributed by atoms with Crippen LogP contribution in [0.4, 0.5) is 5.82 Å². The fourth-order valence-electron chi connectivity index (χ4n) is 4.08. The van der Waals surface area contributed by atoms with Crippen LogP contribution in [-0.2, 0) is 16.0 Å². The van der Waals surface area contributed by atoms with Gasteiger partial charge in [-0.3, -0.25) is 9.69 Å². The molecule has 0 spiro atoms. The van der Waals surface area contributed by atoms with Gasteiger partial charge in [-0.2, -0.15) is 0 Å². The second-order valence-corrected chi connectivity index (χ2v) is 6.90. The number of ether oxygens (including phenoxy) is 1. The van der Waals surface area contributed by atoms with E-state index in [4.69, 9.17) is 4.74 Å². The van der Waals surface area contributed by atoms with E-state index < -0.39 is 0 Å². The van der Waals surface area contributed by atoms with Crippen LogP contribution in [0.3, 0.4) is 0 Å². The molecule has 1 aliphatic heterocycles. The Morgan fingerprint density at radius 1 is 1.12 bits per heavy atom. The second-order valence-electron chi connectivity index (χ2n) is 6.90. The molecule has 1 saturated carbocycles. The van der Waals surface area contributed by atoms with E-state index >= 15 is 0 Å². The first-order chi connectivity index (χ1) is 12.3. The summed E-state index contributed by atoms with van der Waals surface area (Å²) in [4.78, 5) is 19.6. The average Bonchev–Trinajstić information content (AvgIpc) is 3.17. The maximum absolute atomic E-state index is 13.2. The third-order valence-electron chi connectivity index (χ3n) is 5.31. The van der Waals surface area contributed by atoms with E-state index in [2.05, 4.69) is 23.2 Å². The van der Waals surface area contributed by atoms with Crippen molar-refractivity contribution in [3.05, 3.63) is 59.8 Å². The van der Waals surface area contributed by atoms with Gasteiger partial charge >= 0.3 is 0 Å². The van der Waals surface area contributed by atoms with E-state index in [-0.39, 0.29) is 18.1 Å². The molecule has 0 N–H and O–H groups in total. The minimum absolute atomic E-state index is 0.118. The molecule has 1 amide bonds. The van der Waals surface area contributed by atoms with Crippen molar-refractivity contribution in [1.82, 2.24) is 4.98 Å². The van der Waals surface area contributed by atoms with Gasteiger partial charge in [0.05, 0.1) is 19.1 Å². The third kappa shape index (κ3) is 3.45. The molecule has 130 valence electrons. The highest BCUT2D eigenvalue weighted by Gasteiger charge is 2.32. The molecule has 4 heteroatoms. The number of anilines is 1. The predicted octanol–water partition coefficient (Wildman–Crippen LogP) is 4.06. The molecule has 4 rings (SSSR count). The number of benzene rings is 1. The van der Waals surface area contributed by atoms with Crippen molar-refractivity contribution >= 4 is 11.7 Å². The number of nitrogens with zero attached hydrogens (tertiary/aromatic N) is 2. The molecule has 4 nitrogen and oxygen atoms in total. The summed E-state index contributed by atoms with van der Waals surface area (Å²) in [5, 5.41) is 0. The lowest BCUT2D eigenvalue weighted by Crippen LogP contribution is -2.40. The summed E-state index contributed by atoms with van der Waals surface area (Å²) >= 11 is 0. The second kappa shape index (κ2) is 7.36. The quantitative estimate of drug-likeness (QED) is 0.845. The number of fused-ring (bicyclic) bond motifs is 1. The van der Waals surface area contributed by atoms with Crippen LogP contribution in [0, 0.1) is 0 Å². The molecule has 2 heterocycles. The molecule has 0 unspecified atom stereocenters. The van der Waals surface area contributed by atoms with Gasteiger partial charge in [0.1, 0.15) is 5.82 Å². The number of aromatic nitrogens is 1. The molecule has 25 heavy (non-hydrogen) atoms. The molecule has 1 fully saturated rings. The maximum atomic E-state index is 13.2. The van der Waals surface area contributed by atoms with Crippen molar-refractivity contribution < 1.29 is 9.53 Å². The highest BCUT2D eigenvalue weighted by molar-refractivity contribution is 5.93. The summed E-state index contributed by atoms with van der Waals surface area (Å²) in [7, 11) is 0. The van der Waals surface area contributed by atoms with Crippen LogP contribution in [0.5, 0.6) is 0 Å². The van der Waals surface area contributed by atoms with Crippen LogP contribution in [0.2, 0.25) is 0 Å². The highest BCUT2D eigenvalue weighted by Crippen LogP contribution is 2.33. The van der Waals surface area contributed by atoms with Gasteiger partial charge in [-0.05, 0) is 42.5 Å². The van der Waals surface area contributed by atoms with E-state index in [9.17, 15) is 4.79 Å². The van der Waals surface area contributed by atoms with Crippen molar-refractivity contribution in [2.75, 3.05) is 11.5 Å². The lowest BCUT2D eigenvalue weighted by atomic mass is 9.95. The first kappa shape index (κ1) is 16.3. The smallest absolute Gasteiger partial charge is 0.231 e. The Morgan fingerprint density at radius 2 is 1.92 bits per heavy atom. The lowest BCUT2D eigenvalue weighted by molar-refractivity contribution is -0.122. The van der Waals surface area contributed by atoms with Crippen LogP contribution >= 0.6 is 0 Å². The normalized spacial score (nSPS) is 20.2. The Balaban J connectivity index is 1.57. The SMILES string of the molecule is O=C(C[C@H]1OCCc2ccccc21)N(c1ccccn1)C1CCCC1. The van der Waals surface area contributed by atoms with E-state index in [0.717, 1.165) is 30.6 Å². The summed E-state index contributed by atoms with van der Waals surface area (Å²) < 4.78 is 5.96. The Morgan fingerprint density at radius 3 is 2.72 bits per heavy atom. The van der Waals surface area contributed by atoms with Crippen molar-refractivity contribution in [3.63, 3.8) is 0 Å². The summed E-state index contributed by atoms with van der Waals surface area (Å²) in [6.07, 6.45) is 7.40. The third-order valence-corrected chi connectivity index (χ3v) is 5.31. The molecule has 0 saturated heterocycles. The lowest BCUT2D eigenvalue weighted by Gasteiger charge is -2.31. The van der Waals surface area contributed by atoms with Gasteiger partial charge in [0.15, 0.2) is 0 Å². The molecule has 2 aromatic rings. The van der Waals surface area contributed by atoms with Crippen LogP contribution in [0.1, 0.15) is 49.3 Å². The molecule has 1 aliphatic carbocycles. The number of carbonyl (C=O) groups is 1. The number of hydrogen-bond acceptors (Lipinski definition) is 3. The van der Waals surface area contributed by atoms with E-state index in [1.165, 1.54) is 18.4 Å². The minimum atomic E-state index is -0.148. The van der Waals surface area contributed by atoms with E-state index in [1.807, 2.05) is 29.2 Å². The Bertz CT molecular complexity index is 726. The van der Waals surface area contributed by atoms with Gasteiger partial charge < -0.3 is 4.74 Å². The Kier molecular flexibility index (Phi) is 4.79. The fraction of sp³-hybridized carbons (Fsp3) is 0.429.